The Hall–Kier alpha value is -1.18. The maximum Gasteiger partial charge on any atom is 0.333 e. The molecule has 0 saturated carbocycles. The summed E-state index contributed by atoms with van der Waals surface area (Å²) in [6.45, 7) is 1.67. The van der Waals surface area contributed by atoms with Crippen molar-refractivity contribution in [3.63, 3.8) is 0 Å². The van der Waals surface area contributed by atoms with E-state index >= 15 is 0 Å². The first-order chi connectivity index (χ1) is 6.92. The van der Waals surface area contributed by atoms with Crippen molar-refractivity contribution in [3.05, 3.63) is 23.4 Å². The number of hydrogen-bond donors (Lipinski definition) is 1. The lowest BCUT2D eigenvalue weighted by Gasteiger charge is -2.05. The number of aryl methyl sites for hydroxylation is 1. The summed E-state index contributed by atoms with van der Waals surface area (Å²) in [6.07, 6.45) is 1.47. The van der Waals surface area contributed by atoms with Crippen LogP contribution in [0.3, 0.4) is 0 Å². The monoisotopic (exact) mass is 232 g/mol. The SMILES string of the molecule is COc1ncc(COS(N)(=O)=O)cc1C. The fraction of sp³-hybridized carbons (Fsp3) is 0.375. The van der Waals surface area contributed by atoms with Gasteiger partial charge >= 0.3 is 10.3 Å². The summed E-state index contributed by atoms with van der Waals surface area (Å²) in [7, 11) is -2.40. The summed E-state index contributed by atoms with van der Waals surface area (Å²) in [6, 6.07) is 1.72. The predicted molar refractivity (Wildman–Crippen MR) is 53.4 cm³/mol. The third kappa shape index (κ3) is 3.82. The molecular weight excluding hydrogens is 220 g/mol. The van der Waals surface area contributed by atoms with Gasteiger partial charge < -0.3 is 4.74 Å². The molecule has 15 heavy (non-hydrogen) atoms. The van der Waals surface area contributed by atoms with E-state index < -0.39 is 10.3 Å². The highest BCUT2D eigenvalue weighted by molar-refractivity contribution is 7.84. The highest BCUT2D eigenvalue weighted by Crippen LogP contribution is 2.15. The minimum atomic E-state index is -3.91. The van der Waals surface area contributed by atoms with Gasteiger partial charge in [0.05, 0.1) is 13.7 Å². The highest BCUT2D eigenvalue weighted by atomic mass is 32.2. The second-order valence-electron chi connectivity index (χ2n) is 2.92. The normalized spacial score (nSPS) is 11.4. The third-order valence-corrected chi connectivity index (χ3v) is 2.12. The summed E-state index contributed by atoms with van der Waals surface area (Å²) in [5.41, 5.74) is 1.41. The zero-order valence-electron chi connectivity index (χ0n) is 8.43. The molecule has 0 bridgehead atoms. The number of hydrogen-bond acceptors (Lipinski definition) is 5. The van der Waals surface area contributed by atoms with E-state index in [-0.39, 0.29) is 6.61 Å². The van der Waals surface area contributed by atoms with E-state index in [4.69, 9.17) is 4.74 Å². The first kappa shape index (κ1) is 11.9. The minimum absolute atomic E-state index is 0.128. The van der Waals surface area contributed by atoms with Crippen LogP contribution in [0.25, 0.3) is 0 Å². The number of pyridine rings is 1. The van der Waals surface area contributed by atoms with Gasteiger partial charge in [-0.05, 0) is 18.6 Å². The van der Waals surface area contributed by atoms with Crippen LogP contribution in [0.5, 0.6) is 5.88 Å². The van der Waals surface area contributed by atoms with E-state index in [2.05, 4.69) is 14.3 Å². The van der Waals surface area contributed by atoms with Gasteiger partial charge in [0.15, 0.2) is 0 Å². The lowest BCUT2D eigenvalue weighted by molar-refractivity contribution is 0.307. The predicted octanol–water partition coefficient (Wildman–Crippen LogP) is 0.119. The number of methoxy groups -OCH3 is 1. The molecule has 1 aromatic heterocycles. The number of nitrogens with two attached hydrogens (primary N) is 1. The molecule has 0 fully saturated rings. The Kier molecular flexibility index (Phi) is 3.61. The second-order valence-corrected chi connectivity index (χ2v) is 4.15. The van der Waals surface area contributed by atoms with E-state index in [0.717, 1.165) is 5.56 Å². The summed E-state index contributed by atoms with van der Waals surface area (Å²) < 4.78 is 30.4. The quantitative estimate of drug-likeness (QED) is 0.796. The Morgan fingerprint density at radius 2 is 2.20 bits per heavy atom. The van der Waals surface area contributed by atoms with E-state index in [0.29, 0.717) is 11.4 Å². The van der Waals surface area contributed by atoms with Gasteiger partial charge in [-0.15, -0.1) is 0 Å². The first-order valence-corrected chi connectivity index (χ1v) is 5.56. The Morgan fingerprint density at radius 3 is 2.67 bits per heavy atom. The summed E-state index contributed by atoms with van der Waals surface area (Å²) >= 11 is 0. The van der Waals surface area contributed by atoms with Crippen molar-refractivity contribution in [2.24, 2.45) is 5.14 Å². The van der Waals surface area contributed by atoms with E-state index in [1.807, 2.05) is 0 Å². The zero-order valence-corrected chi connectivity index (χ0v) is 9.24. The fourth-order valence-electron chi connectivity index (χ4n) is 1.06. The molecule has 0 spiro atoms. The molecule has 2 N–H and O–H groups in total. The molecule has 1 heterocycles. The second kappa shape index (κ2) is 4.56. The van der Waals surface area contributed by atoms with Crippen molar-refractivity contribution in [2.75, 3.05) is 7.11 Å². The number of rotatable bonds is 4. The smallest absolute Gasteiger partial charge is 0.333 e. The van der Waals surface area contributed by atoms with Gasteiger partial charge in [0.2, 0.25) is 5.88 Å². The van der Waals surface area contributed by atoms with Crippen LogP contribution in [0.2, 0.25) is 0 Å². The molecule has 6 nitrogen and oxygen atoms in total. The standard InChI is InChI=1S/C8H12N2O4S/c1-6-3-7(4-10-8(6)13-2)5-14-15(9,11)12/h3-4H,5H2,1-2H3,(H2,9,11,12). The van der Waals surface area contributed by atoms with Crippen LogP contribution in [0, 0.1) is 6.92 Å². The molecule has 0 amide bonds. The number of ether oxygens (including phenoxy) is 1. The van der Waals surface area contributed by atoms with Crippen molar-refractivity contribution < 1.29 is 17.3 Å². The number of nitrogens with zero attached hydrogens (tertiary/aromatic N) is 1. The van der Waals surface area contributed by atoms with Crippen LogP contribution >= 0.6 is 0 Å². The Morgan fingerprint density at radius 1 is 1.53 bits per heavy atom. The number of aromatic nitrogens is 1. The average molecular weight is 232 g/mol. The maximum absolute atomic E-state index is 10.5. The molecule has 1 rings (SSSR count). The molecule has 0 atom stereocenters. The fourth-order valence-corrected chi connectivity index (χ4v) is 1.36. The van der Waals surface area contributed by atoms with Gasteiger partial charge in [-0.25, -0.2) is 10.1 Å². The van der Waals surface area contributed by atoms with E-state index in [1.165, 1.54) is 13.3 Å². The van der Waals surface area contributed by atoms with Crippen molar-refractivity contribution in [2.45, 2.75) is 13.5 Å². The molecule has 1 aromatic rings. The lowest BCUT2D eigenvalue weighted by atomic mass is 10.2. The van der Waals surface area contributed by atoms with Crippen LogP contribution in [0.4, 0.5) is 0 Å². The molecular formula is C8H12N2O4S. The van der Waals surface area contributed by atoms with E-state index in [9.17, 15) is 8.42 Å². The molecule has 0 aliphatic heterocycles. The molecule has 0 saturated heterocycles. The van der Waals surface area contributed by atoms with Gasteiger partial charge in [-0.1, -0.05) is 0 Å². The van der Waals surface area contributed by atoms with Crippen LogP contribution in [0.15, 0.2) is 12.3 Å². The molecule has 0 aliphatic carbocycles. The van der Waals surface area contributed by atoms with E-state index in [1.54, 1.807) is 13.0 Å². The van der Waals surface area contributed by atoms with Crippen LogP contribution in [-0.2, 0) is 21.1 Å². The molecule has 0 radical (unpaired) electrons. The maximum atomic E-state index is 10.5. The van der Waals surface area contributed by atoms with Crippen LogP contribution < -0.4 is 9.88 Å². The lowest BCUT2D eigenvalue weighted by Crippen LogP contribution is -2.15. The first-order valence-electron chi connectivity index (χ1n) is 4.09. The zero-order chi connectivity index (χ0) is 11.5. The third-order valence-electron chi connectivity index (χ3n) is 1.67. The molecule has 0 unspecified atom stereocenters. The highest BCUT2D eigenvalue weighted by Gasteiger charge is 2.05. The van der Waals surface area contributed by atoms with Gasteiger partial charge in [0.25, 0.3) is 0 Å². The van der Waals surface area contributed by atoms with Crippen LogP contribution in [0.1, 0.15) is 11.1 Å². The van der Waals surface area contributed by atoms with Crippen molar-refractivity contribution in [1.29, 1.82) is 0 Å². The van der Waals surface area contributed by atoms with Gasteiger partial charge in [0, 0.05) is 11.8 Å². The topological polar surface area (TPSA) is 91.5 Å². The molecule has 0 aliphatic rings. The summed E-state index contributed by atoms with van der Waals surface area (Å²) in [5, 5.41) is 4.68. The Bertz CT molecular complexity index is 444. The van der Waals surface area contributed by atoms with Crippen LogP contribution in [-0.4, -0.2) is 20.5 Å². The Labute approximate surface area is 88.3 Å². The molecule has 0 aromatic carbocycles. The van der Waals surface area contributed by atoms with Gasteiger partial charge in [-0.3, -0.25) is 4.18 Å². The summed E-state index contributed by atoms with van der Waals surface area (Å²) in [4.78, 5) is 3.96. The van der Waals surface area contributed by atoms with Crippen molar-refractivity contribution in [3.8, 4) is 5.88 Å². The average Bonchev–Trinajstić information content (AvgIpc) is 2.14. The largest absolute Gasteiger partial charge is 0.481 e. The van der Waals surface area contributed by atoms with Gasteiger partial charge in [-0.2, -0.15) is 8.42 Å². The van der Waals surface area contributed by atoms with Crippen molar-refractivity contribution in [1.82, 2.24) is 4.98 Å². The molecule has 7 heteroatoms. The van der Waals surface area contributed by atoms with Gasteiger partial charge in [0.1, 0.15) is 0 Å². The van der Waals surface area contributed by atoms with Crippen molar-refractivity contribution >= 4 is 10.3 Å². The molecule has 84 valence electrons. The minimum Gasteiger partial charge on any atom is -0.481 e. The Balaban J connectivity index is 2.76. The summed E-state index contributed by atoms with van der Waals surface area (Å²) in [5.74, 6) is 0.495.